The average Bonchev–Trinajstić information content (AvgIpc) is 2.28. The summed E-state index contributed by atoms with van der Waals surface area (Å²) in [7, 11) is 0. The van der Waals surface area contributed by atoms with Crippen molar-refractivity contribution < 1.29 is 8.78 Å². The van der Waals surface area contributed by atoms with Crippen LogP contribution in [0.3, 0.4) is 0 Å². The van der Waals surface area contributed by atoms with Crippen LogP contribution >= 0.6 is 0 Å². The molecular formula is C10H8F2N4. The number of hydrogen-bond donors (Lipinski definition) is 1. The summed E-state index contributed by atoms with van der Waals surface area (Å²) in [5, 5.41) is 17.2. The van der Waals surface area contributed by atoms with E-state index < -0.39 is 6.43 Å². The Balaban J connectivity index is 3.46. The monoisotopic (exact) mass is 222 g/mol. The fraction of sp³-hybridized carbons (Fsp3) is 0.300. The topological polar surface area (TPSA) is 86.5 Å². The molecule has 1 aromatic heterocycles. The second kappa shape index (κ2) is 5.15. The van der Waals surface area contributed by atoms with E-state index in [1.165, 1.54) is 0 Å². The quantitative estimate of drug-likeness (QED) is 0.837. The third-order valence-corrected chi connectivity index (χ3v) is 2.10. The van der Waals surface area contributed by atoms with Gasteiger partial charge in [0.25, 0.3) is 6.43 Å². The lowest BCUT2D eigenvalue weighted by Crippen LogP contribution is -2.10. The molecule has 0 aliphatic rings. The Bertz CT molecular complexity index is 471. The second-order valence-corrected chi connectivity index (χ2v) is 2.98. The minimum absolute atomic E-state index is 0.0188. The number of hydrogen-bond acceptors (Lipinski definition) is 4. The predicted molar refractivity (Wildman–Crippen MR) is 51.1 cm³/mol. The highest BCUT2D eigenvalue weighted by Crippen LogP contribution is 2.28. The van der Waals surface area contributed by atoms with Crippen LogP contribution in [0.2, 0.25) is 0 Å². The van der Waals surface area contributed by atoms with E-state index in [-0.39, 0.29) is 35.3 Å². The van der Waals surface area contributed by atoms with Gasteiger partial charge in [-0.1, -0.05) is 0 Å². The molecule has 82 valence electrons. The van der Waals surface area contributed by atoms with Crippen LogP contribution in [-0.2, 0) is 13.0 Å². The van der Waals surface area contributed by atoms with Gasteiger partial charge in [0.2, 0.25) is 0 Å². The van der Waals surface area contributed by atoms with Crippen LogP contribution in [0.4, 0.5) is 8.78 Å². The zero-order valence-electron chi connectivity index (χ0n) is 8.24. The summed E-state index contributed by atoms with van der Waals surface area (Å²) in [4.78, 5) is 3.70. The van der Waals surface area contributed by atoms with Gasteiger partial charge in [-0.3, -0.25) is 0 Å². The van der Waals surface area contributed by atoms with E-state index in [2.05, 4.69) is 4.98 Å². The standard InChI is InChI=1S/C10H8F2N4/c11-10(12)9-6(1-2-13)5-16-8(4-15)7(9)3-14/h5,10H,1,3,14H2. The lowest BCUT2D eigenvalue weighted by atomic mass is 10.00. The SMILES string of the molecule is N#CCc1cnc(C#N)c(CN)c1C(F)F. The first-order valence-corrected chi connectivity index (χ1v) is 4.41. The summed E-state index contributed by atoms with van der Waals surface area (Å²) in [6.07, 6.45) is -1.81. The molecule has 0 aliphatic heterocycles. The fourth-order valence-corrected chi connectivity index (χ4v) is 1.41. The number of rotatable bonds is 3. The van der Waals surface area contributed by atoms with E-state index in [9.17, 15) is 8.78 Å². The van der Waals surface area contributed by atoms with Gasteiger partial charge in [0.05, 0.1) is 12.5 Å². The summed E-state index contributed by atoms with van der Waals surface area (Å²) in [5.41, 5.74) is 5.01. The first-order chi connectivity index (χ1) is 7.65. The zero-order valence-corrected chi connectivity index (χ0v) is 8.24. The van der Waals surface area contributed by atoms with Crippen molar-refractivity contribution in [3.05, 3.63) is 28.6 Å². The molecule has 1 aromatic rings. The molecule has 0 aliphatic carbocycles. The molecule has 6 heteroatoms. The first kappa shape index (κ1) is 12.0. The Morgan fingerprint density at radius 3 is 2.56 bits per heavy atom. The first-order valence-electron chi connectivity index (χ1n) is 4.41. The normalized spacial score (nSPS) is 9.88. The van der Waals surface area contributed by atoms with E-state index in [0.29, 0.717) is 0 Å². The highest BCUT2D eigenvalue weighted by Gasteiger charge is 2.20. The number of halogens is 2. The minimum atomic E-state index is -2.77. The van der Waals surface area contributed by atoms with Crippen molar-refractivity contribution in [3.8, 4) is 12.1 Å². The Morgan fingerprint density at radius 2 is 2.12 bits per heavy atom. The second-order valence-electron chi connectivity index (χ2n) is 2.98. The van der Waals surface area contributed by atoms with Crippen LogP contribution in [0.5, 0.6) is 0 Å². The maximum Gasteiger partial charge on any atom is 0.264 e. The molecule has 0 bridgehead atoms. The Labute approximate surface area is 90.9 Å². The summed E-state index contributed by atoms with van der Waals surface area (Å²) in [5.74, 6) is 0. The zero-order chi connectivity index (χ0) is 12.1. The molecule has 0 radical (unpaired) electrons. The highest BCUT2D eigenvalue weighted by atomic mass is 19.3. The molecule has 0 aromatic carbocycles. The largest absolute Gasteiger partial charge is 0.326 e. The molecule has 1 heterocycles. The third kappa shape index (κ3) is 2.13. The third-order valence-electron chi connectivity index (χ3n) is 2.10. The molecule has 2 N–H and O–H groups in total. The molecule has 0 spiro atoms. The van der Waals surface area contributed by atoms with Gasteiger partial charge in [0.15, 0.2) is 0 Å². The van der Waals surface area contributed by atoms with Gasteiger partial charge in [-0.15, -0.1) is 0 Å². The van der Waals surface area contributed by atoms with E-state index in [4.69, 9.17) is 16.3 Å². The van der Waals surface area contributed by atoms with Crippen molar-refractivity contribution in [1.82, 2.24) is 4.98 Å². The van der Waals surface area contributed by atoms with Gasteiger partial charge in [-0.05, 0) is 5.56 Å². The summed E-state index contributed by atoms with van der Waals surface area (Å²) >= 11 is 0. The van der Waals surface area contributed by atoms with Crippen LogP contribution in [0.15, 0.2) is 6.20 Å². The van der Waals surface area contributed by atoms with Crippen molar-refractivity contribution in [2.75, 3.05) is 0 Å². The maximum atomic E-state index is 12.8. The molecule has 0 unspecified atom stereocenters. The number of pyridine rings is 1. The molecule has 0 amide bonds. The Morgan fingerprint density at radius 1 is 1.44 bits per heavy atom. The minimum Gasteiger partial charge on any atom is -0.326 e. The van der Waals surface area contributed by atoms with Gasteiger partial charge < -0.3 is 5.73 Å². The highest BCUT2D eigenvalue weighted by molar-refractivity contribution is 5.43. The predicted octanol–water partition coefficient (Wildman–Crippen LogP) is 1.42. The van der Waals surface area contributed by atoms with E-state index in [0.717, 1.165) is 6.20 Å². The van der Waals surface area contributed by atoms with Crippen LogP contribution in [0.1, 0.15) is 28.8 Å². The molecule has 16 heavy (non-hydrogen) atoms. The number of nitrogens with zero attached hydrogens (tertiary/aromatic N) is 3. The number of alkyl halides is 2. The van der Waals surface area contributed by atoms with Gasteiger partial charge in [0.1, 0.15) is 11.8 Å². The van der Waals surface area contributed by atoms with Crippen molar-refractivity contribution in [2.45, 2.75) is 19.4 Å². The van der Waals surface area contributed by atoms with Gasteiger partial charge >= 0.3 is 0 Å². The molecule has 0 saturated carbocycles. The fourth-order valence-electron chi connectivity index (χ4n) is 1.41. The molecule has 4 nitrogen and oxygen atoms in total. The summed E-state index contributed by atoms with van der Waals surface area (Å²) < 4.78 is 25.6. The summed E-state index contributed by atoms with van der Waals surface area (Å²) in [6.45, 7) is -0.200. The van der Waals surface area contributed by atoms with Crippen LogP contribution in [0.25, 0.3) is 0 Å². The maximum absolute atomic E-state index is 12.8. The van der Waals surface area contributed by atoms with Crippen molar-refractivity contribution in [2.24, 2.45) is 5.73 Å². The number of nitriles is 2. The van der Waals surface area contributed by atoms with Crippen molar-refractivity contribution in [1.29, 1.82) is 10.5 Å². The van der Waals surface area contributed by atoms with E-state index in [1.807, 2.05) is 0 Å². The number of nitrogens with two attached hydrogens (primary N) is 1. The van der Waals surface area contributed by atoms with Gasteiger partial charge in [0, 0.05) is 23.9 Å². The van der Waals surface area contributed by atoms with Crippen LogP contribution in [0, 0.1) is 22.7 Å². The van der Waals surface area contributed by atoms with Gasteiger partial charge in [-0.2, -0.15) is 10.5 Å². The van der Waals surface area contributed by atoms with Crippen molar-refractivity contribution >= 4 is 0 Å². The lowest BCUT2D eigenvalue weighted by Gasteiger charge is -2.11. The smallest absolute Gasteiger partial charge is 0.264 e. The molecule has 0 saturated heterocycles. The summed E-state index contributed by atoms with van der Waals surface area (Å²) in [6, 6.07) is 3.47. The lowest BCUT2D eigenvalue weighted by molar-refractivity contribution is 0.149. The van der Waals surface area contributed by atoms with E-state index >= 15 is 0 Å². The Kier molecular flexibility index (Phi) is 3.87. The molecule has 0 fully saturated rings. The number of aromatic nitrogens is 1. The van der Waals surface area contributed by atoms with Gasteiger partial charge in [-0.25, -0.2) is 13.8 Å². The molecule has 0 atom stereocenters. The molecular weight excluding hydrogens is 214 g/mol. The van der Waals surface area contributed by atoms with Crippen LogP contribution < -0.4 is 5.73 Å². The van der Waals surface area contributed by atoms with Crippen molar-refractivity contribution in [3.63, 3.8) is 0 Å². The Hall–Kier alpha value is -2.05. The average molecular weight is 222 g/mol. The van der Waals surface area contributed by atoms with E-state index in [1.54, 1.807) is 12.1 Å². The van der Waals surface area contributed by atoms with Crippen LogP contribution in [-0.4, -0.2) is 4.98 Å². The molecule has 1 rings (SSSR count).